The van der Waals surface area contributed by atoms with Gasteiger partial charge < -0.3 is 15.2 Å². The van der Waals surface area contributed by atoms with Gasteiger partial charge in [-0.05, 0) is 66.4 Å². The van der Waals surface area contributed by atoms with Crippen LogP contribution < -0.4 is 10.1 Å². The summed E-state index contributed by atoms with van der Waals surface area (Å²) in [5.74, 6) is 0.883. The van der Waals surface area contributed by atoms with Crippen LogP contribution in [0.2, 0.25) is 0 Å². The average Bonchev–Trinajstić information content (AvgIpc) is 2.70. The van der Waals surface area contributed by atoms with Crippen LogP contribution in [0.25, 0.3) is 11.1 Å². The molecule has 1 aromatic heterocycles. The highest BCUT2D eigenvalue weighted by Crippen LogP contribution is 2.29. The first-order valence-corrected chi connectivity index (χ1v) is 8.64. The lowest BCUT2D eigenvalue weighted by atomic mass is 10.00. The first-order valence-electron chi connectivity index (χ1n) is 8.64. The van der Waals surface area contributed by atoms with Gasteiger partial charge in [0.1, 0.15) is 11.5 Å². The van der Waals surface area contributed by atoms with Crippen molar-refractivity contribution in [2.24, 2.45) is 0 Å². The molecule has 5 nitrogen and oxygen atoms in total. The Balaban J connectivity index is 0.00000280. The molecular formula is C23H26N2O3. The van der Waals surface area contributed by atoms with Gasteiger partial charge in [-0.2, -0.15) is 0 Å². The van der Waals surface area contributed by atoms with E-state index in [2.05, 4.69) is 10.3 Å². The third-order valence-electron chi connectivity index (χ3n) is 4.44. The van der Waals surface area contributed by atoms with Crippen molar-refractivity contribution in [3.05, 3.63) is 77.1 Å². The molecule has 146 valence electrons. The number of carbonyl (C=O) groups is 1. The summed E-state index contributed by atoms with van der Waals surface area (Å²) in [5.41, 5.74) is 4.81. The number of nitrogens with one attached hydrogen (secondary N) is 1. The van der Waals surface area contributed by atoms with E-state index in [1.165, 1.54) is 0 Å². The van der Waals surface area contributed by atoms with Gasteiger partial charge in [0.2, 0.25) is 0 Å². The molecular weight excluding hydrogens is 352 g/mol. The molecule has 0 bridgehead atoms. The zero-order valence-corrected chi connectivity index (χ0v) is 15.6. The van der Waals surface area contributed by atoms with Crippen molar-refractivity contribution in [3.8, 4) is 22.6 Å². The summed E-state index contributed by atoms with van der Waals surface area (Å²) in [5, 5.41) is 12.8. The van der Waals surface area contributed by atoms with Crippen molar-refractivity contribution in [3.63, 3.8) is 0 Å². The lowest BCUT2D eigenvalue weighted by Crippen LogP contribution is -2.22. The van der Waals surface area contributed by atoms with Crippen molar-refractivity contribution in [2.75, 3.05) is 7.11 Å². The van der Waals surface area contributed by atoms with Gasteiger partial charge in [0, 0.05) is 24.5 Å². The maximum Gasteiger partial charge on any atom is 0.253 e. The van der Waals surface area contributed by atoms with Gasteiger partial charge in [-0.3, -0.25) is 9.78 Å². The highest BCUT2D eigenvalue weighted by Gasteiger charge is 2.10. The Hall–Kier alpha value is -3.34. The van der Waals surface area contributed by atoms with E-state index in [1.54, 1.807) is 19.5 Å². The molecule has 1 heterocycles. The van der Waals surface area contributed by atoms with Gasteiger partial charge in [-0.1, -0.05) is 19.6 Å². The zero-order chi connectivity index (χ0) is 19.4. The number of benzene rings is 2. The molecule has 0 aliphatic heterocycles. The highest BCUT2D eigenvalue weighted by molar-refractivity contribution is 5.95. The van der Waals surface area contributed by atoms with Crippen LogP contribution >= 0.6 is 0 Å². The number of carbonyl (C=O) groups excluding carboxylic acids is 1. The Kier molecular flexibility index (Phi) is 6.77. The largest absolute Gasteiger partial charge is 0.507 e. The fourth-order valence-electron chi connectivity index (χ4n) is 2.87. The molecule has 0 unspecified atom stereocenters. The number of aryl methyl sites for hydroxylation is 2. The quantitative estimate of drug-likeness (QED) is 0.678. The van der Waals surface area contributed by atoms with Crippen LogP contribution in [0, 0.1) is 13.8 Å². The van der Waals surface area contributed by atoms with Gasteiger partial charge in [-0.25, -0.2) is 0 Å². The molecule has 0 saturated carbocycles. The van der Waals surface area contributed by atoms with Crippen molar-refractivity contribution in [2.45, 2.75) is 27.8 Å². The molecule has 28 heavy (non-hydrogen) atoms. The van der Waals surface area contributed by atoms with Crippen LogP contribution in [-0.2, 0) is 6.54 Å². The third-order valence-corrected chi connectivity index (χ3v) is 4.44. The second-order valence-electron chi connectivity index (χ2n) is 6.45. The topological polar surface area (TPSA) is 71.5 Å². The minimum Gasteiger partial charge on any atom is -0.507 e. The molecule has 0 radical (unpaired) electrons. The average molecular weight is 378 g/mol. The number of aromatic nitrogens is 1. The van der Waals surface area contributed by atoms with Crippen molar-refractivity contribution in [1.82, 2.24) is 10.3 Å². The van der Waals surface area contributed by atoms with Gasteiger partial charge in [0.05, 0.1) is 12.7 Å². The fourth-order valence-corrected chi connectivity index (χ4v) is 2.87. The predicted molar refractivity (Wildman–Crippen MR) is 112 cm³/mol. The van der Waals surface area contributed by atoms with Crippen LogP contribution in [0.15, 0.2) is 54.9 Å². The summed E-state index contributed by atoms with van der Waals surface area (Å²) in [6.45, 7) is 4.12. The van der Waals surface area contributed by atoms with Crippen LogP contribution in [0.1, 0.15) is 34.5 Å². The molecule has 5 heteroatoms. The summed E-state index contributed by atoms with van der Waals surface area (Å²) in [4.78, 5) is 16.7. The van der Waals surface area contributed by atoms with E-state index in [0.29, 0.717) is 17.9 Å². The van der Waals surface area contributed by atoms with E-state index in [9.17, 15) is 9.90 Å². The Bertz CT molecular complexity index is 943. The van der Waals surface area contributed by atoms with Gasteiger partial charge in [0.15, 0.2) is 0 Å². The van der Waals surface area contributed by atoms with Crippen molar-refractivity contribution >= 4 is 5.91 Å². The molecule has 1 amide bonds. The Labute approximate surface area is 166 Å². The molecule has 0 atom stereocenters. The van der Waals surface area contributed by atoms with Crippen LogP contribution in [-0.4, -0.2) is 23.1 Å². The summed E-state index contributed by atoms with van der Waals surface area (Å²) in [7, 11) is 1.62. The Morgan fingerprint density at radius 3 is 2.29 bits per heavy atom. The van der Waals surface area contributed by atoms with E-state index in [4.69, 9.17) is 4.74 Å². The minimum absolute atomic E-state index is 0. The first kappa shape index (κ1) is 21.0. The SMILES string of the molecule is C.COc1ccc(CNC(=O)c2cncc(-c3cc(C)c(O)c(C)c3)c2)cc1. The monoisotopic (exact) mass is 378 g/mol. The van der Waals surface area contributed by atoms with Gasteiger partial charge in [-0.15, -0.1) is 0 Å². The second-order valence-corrected chi connectivity index (χ2v) is 6.45. The van der Waals surface area contributed by atoms with Gasteiger partial charge in [0.25, 0.3) is 5.91 Å². The number of nitrogens with zero attached hydrogens (tertiary/aromatic N) is 1. The first-order chi connectivity index (χ1) is 13.0. The predicted octanol–water partition coefficient (Wildman–Crippen LogP) is 4.65. The van der Waals surface area contributed by atoms with Crippen molar-refractivity contribution in [1.29, 1.82) is 0 Å². The van der Waals surface area contributed by atoms with Crippen LogP contribution in [0.5, 0.6) is 11.5 Å². The summed E-state index contributed by atoms with van der Waals surface area (Å²) >= 11 is 0. The third kappa shape index (κ3) is 4.68. The molecule has 3 aromatic rings. The minimum atomic E-state index is -0.188. The molecule has 0 aliphatic rings. The number of aromatic hydroxyl groups is 1. The summed E-state index contributed by atoms with van der Waals surface area (Å²) < 4.78 is 5.13. The lowest BCUT2D eigenvalue weighted by molar-refractivity contribution is 0.0950. The van der Waals surface area contributed by atoms with E-state index in [0.717, 1.165) is 33.6 Å². The second kappa shape index (κ2) is 9.04. The Morgan fingerprint density at radius 1 is 1.04 bits per heavy atom. The number of ether oxygens (including phenoxy) is 1. The fraction of sp³-hybridized carbons (Fsp3) is 0.217. The number of hydrogen-bond acceptors (Lipinski definition) is 4. The summed E-state index contributed by atoms with van der Waals surface area (Å²) in [6, 6.07) is 13.1. The number of hydrogen-bond donors (Lipinski definition) is 2. The zero-order valence-electron chi connectivity index (χ0n) is 15.6. The van der Waals surface area contributed by atoms with E-state index >= 15 is 0 Å². The summed E-state index contributed by atoms with van der Waals surface area (Å²) in [6.07, 6.45) is 3.26. The molecule has 3 rings (SSSR count). The number of amides is 1. The molecule has 0 spiro atoms. The lowest BCUT2D eigenvalue weighted by Gasteiger charge is -2.10. The number of pyridine rings is 1. The number of methoxy groups -OCH3 is 1. The number of phenols is 1. The van der Waals surface area contributed by atoms with E-state index in [1.807, 2.05) is 56.3 Å². The standard InChI is InChI=1S/C22H22N2O3.CH4/c1-14-8-17(9-15(2)21(14)25)18-10-19(13-23-12-18)22(26)24-11-16-4-6-20(27-3)7-5-16;/h4-10,12-13,25H,11H2,1-3H3,(H,24,26);1H4. The molecule has 2 aromatic carbocycles. The van der Waals surface area contributed by atoms with E-state index < -0.39 is 0 Å². The maximum atomic E-state index is 12.5. The molecule has 0 aliphatic carbocycles. The number of phenolic OH excluding ortho intramolecular Hbond substituents is 1. The molecule has 2 N–H and O–H groups in total. The smallest absolute Gasteiger partial charge is 0.253 e. The van der Waals surface area contributed by atoms with E-state index in [-0.39, 0.29) is 13.3 Å². The van der Waals surface area contributed by atoms with Gasteiger partial charge >= 0.3 is 0 Å². The highest BCUT2D eigenvalue weighted by atomic mass is 16.5. The van der Waals surface area contributed by atoms with Crippen LogP contribution in [0.4, 0.5) is 0 Å². The van der Waals surface area contributed by atoms with Crippen molar-refractivity contribution < 1.29 is 14.6 Å². The number of rotatable bonds is 5. The molecule has 0 fully saturated rings. The Morgan fingerprint density at radius 2 is 1.68 bits per heavy atom. The maximum absolute atomic E-state index is 12.5. The molecule has 0 saturated heterocycles. The van der Waals surface area contributed by atoms with Crippen LogP contribution in [0.3, 0.4) is 0 Å². The normalized spacial score (nSPS) is 10.1.